The van der Waals surface area contributed by atoms with E-state index in [9.17, 15) is 0 Å². The zero-order valence-electron chi connectivity index (χ0n) is 12.8. The standard InChI is InChI=1S/C17H22N2O2/c1-4-8-18-11-14-12-19-9-7-15(14)21-16-6-5-13(2)10-17(16)20-3/h5-7,9-10,12,18H,4,8,11H2,1-3H3. The fourth-order valence-corrected chi connectivity index (χ4v) is 2.02. The van der Waals surface area contributed by atoms with Gasteiger partial charge in [0.2, 0.25) is 0 Å². The number of aromatic nitrogens is 1. The molecular formula is C17H22N2O2. The summed E-state index contributed by atoms with van der Waals surface area (Å²) in [6.07, 6.45) is 4.67. The van der Waals surface area contributed by atoms with Crippen LogP contribution in [0.1, 0.15) is 24.5 Å². The summed E-state index contributed by atoms with van der Waals surface area (Å²) in [5.41, 5.74) is 2.17. The minimum Gasteiger partial charge on any atom is -0.493 e. The van der Waals surface area contributed by atoms with E-state index in [1.165, 1.54) is 0 Å². The third kappa shape index (κ3) is 4.20. The second kappa shape index (κ2) is 7.64. The lowest BCUT2D eigenvalue weighted by Crippen LogP contribution is -2.14. The zero-order chi connectivity index (χ0) is 15.1. The Kier molecular flexibility index (Phi) is 5.58. The Morgan fingerprint density at radius 1 is 1.14 bits per heavy atom. The zero-order valence-corrected chi connectivity index (χ0v) is 12.8. The largest absolute Gasteiger partial charge is 0.493 e. The van der Waals surface area contributed by atoms with Crippen LogP contribution in [0.25, 0.3) is 0 Å². The number of benzene rings is 1. The van der Waals surface area contributed by atoms with Gasteiger partial charge in [0.15, 0.2) is 11.5 Å². The fourth-order valence-electron chi connectivity index (χ4n) is 2.02. The van der Waals surface area contributed by atoms with Crippen molar-refractivity contribution in [2.45, 2.75) is 26.8 Å². The Bertz CT molecular complexity index is 585. The summed E-state index contributed by atoms with van der Waals surface area (Å²) < 4.78 is 11.4. The molecule has 1 heterocycles. The maximum atomic E-state index is 6.01. The Balaban J connectivity index is 2.19. The summed E-state index contributed by atoms with van der Waals surface area (Å²) in [5, 5.41) is 3.36. The van der Waals surface area contributed by atoms with E-state index in [0.717, 1.165) is 42.1 Å². The van der Waals surface area contributed by atoms with E-state index in [-0.39, 0.29) is 0 Å². The molecule has 2 rings (SSSR count). The van der Waals surface area contributed by atoms with E-state index < -0.39 is 0 Å². The average Bonchev–Trinajstić information content (AvgIpc) is 2.51. The predicted molar refractivity (Wildman–Crippen MR) is 84.0 cm³/mol. The quantitative estimate of drug-likeness (QED) is 0.788. The van der Waals surface area contributed by atoms with Gasteiger partial charge in [-0.1, -0.05) is 13.0 Å². The van der Waals surface area contributed by atoms with Gasteiger partial charge in [-0.3, -0.25) is 4.98 Å². The summed E-state index contributed by atoms with van der Waals surface area (Å²) in [6.45, 7) is 5.89. The fraction of sp³-hybridized carbons (Fsp3) is 0.353. The summed E-state index contributed by atoms with van der Waals surface area (Å²) in [6, 6.07) is 7.78. The van der Waals surface area contributed by atoms with Gasteiger partial charge in [0.25, 0.3) is 0 Å². The monoisotopic (exact) mass is 286 g/mol. The van der Waals surface area contributed by atoms with Crippen LogP contribution in [0.4, 0.5) is 0 Å². The minimum atomic E-state index is 0.714. The maximum absolute atomic E-state index is 6.01. The third-order valence-electron chi connectivity index (χ3n) is 3.14. The van der Waals surface area contributed by atoms with Crippen molar-refractivity contribution < 1.29 is 9.47 Å². The Morgan fingerprint density at radius 2 is 2.00 bits per heavy atom. The van der Waals surface area contributed by atoms with Gasteiger partial charge in [-0.15, -0.1) is 0 Å². The van der Waals surface area contributed by atoms with Gasteiger partial charge in [-0.05, 0) is 43.7 Å². The van der Waals surface area contributed by atoms with Gasteiger partial charge in [0.05, 0.1) is 7.11 Å². The van der Waals surface area contributed by atoms with E-state index in [1.807, 2.05) is 37.4 Å². The van der Waals surface area contributed by atoms with Crippen molar-refractivity contribution in [3.8, 4) is 17.2 Å². The number of rotatable bonds is 7. The first-order chi connectivity index (χ1) is 10.2. The van der Waals surface area contributed by atoms with Crippen molar-refractivity contribution in [2.24, 2.45) is 0 Å². The lowest BCUT2D eigenvalue weighted by atomic mass is 10.2. The van der Waals surface area contributed by atoms with Crippen LogP contribution in [0.3, 0.4) is 0 Å². The van der Waals surface area contributed by atoms with Crippen LogP contribution < -0.4 is 14.8 Å². The topological polar surface area (TPSA) is 43.4 Å². The van der Waals surface area contributed by atoms with Crippen molar-refractivity contribution in [3.05, 3.63) is 47.8 Å². The van der Waals surface area contributed by atoms with Gasteiger partial charge in [-0.2, -0.15) is 0 Å². The number of pyridine rings is 1. The van der Waals surface area contributed by atoms with E-state index >= 15 is 0 Å². The van der Waals surface area contributed by atoms with E-state index in [2.05, 4.69) is 17.2 Å². The molecule has 0 fully saturated rings. The molecule has 0 bridgehead atoms. The van der Waals surface area contributed by atoms with Gasteiger partial charge in [-0.25, -0.2) is 0 Å². The number of methoxy groups -OCH3 is 1. The molecule has 0 amide bonds. The van der Waals surface area contributed by atoms with Gasteiger partial charge in [0, 0.05) is 24.5 Å². The van der Waals surface area contributed by atoms with Crippen LogP contribution in [0, 0.1) is 6.92 Å². The average molecular weight is 286 g/mol. The number of aryl methyl sites for hydroxylation is 1. The molecule has 21 heavy (non-hydrogen) atoms. The van der Waals surface area contributed by atoms with Gasteiger partial charge in [0.1, 0.15) is 5.75 Å². The third-order valence-corrected chi connectivity index (χ3v) is 3.14. The second-order valence-corrected chi connectivity index (χ2v) is 4.92. The first-order valence-corrected chi connectivity index (χ1v) is 7.20. The minimum absolute atomic E-state index is 0.714. The van der Waals surface area contributed by atoms with Crippen LogP contribution in [-0.4, -0.2) is 18.6 Å². The Labute approximate surface area is 126 Å². The SMILES string of the molecule is CCCNCc1cnccc1Oc1ccc(C)cc1OC. The lowest BCUT2D eigenvalue weighted by Gasteiger charge is -2.14. The molecule has 2 aromatic rings. The molecule has 1 N–H and O–H groups in total. The van der Waals surface area contributed by atoms with Crippen molar-refractivity contribution in [2.75, 3.05) is 13.7 Å². The van der Waals surface area contributed by atoms with E-state index in [0.29, 0.717) is 5.75 Å². The van der Waals surface area contributed by atoms with Gasteiger partial charge >= 0.3 is 0 Å². The van der Waals surface area contributed by atoms with Crippen LogP contribution in [0.2, 0.25) is 0 Å². The van der Waals surface area contributed by atoms with Crippen molar-refractivity contribution in [1.29, 1.82) is 0 Å². The second-order valence-electron chi connectivity index (χ2n) is 4.92. The highest BCUT2D eigenvalue weighted by Gasteiger charge is 2.09. The molecule has 0 spiro atoms. The molecule has 0 unspecified atom stereocenters. The molecule has 0 aliphatic carbocycles. The summed E-state index contributed by atoms with van der Waals surface area (Å²) in [5.74, 6) is 2.25. The van der Waals surface area contributed by atoms with E-state index in [4.69, 9.17) is 9.47 Å². The molecule has 1 aromatic carbocycles. The van der Waals surface area contributed by atoms with Crippen LogP contribution in [-0.2, 0) is 6.54 Å². The van der Waals surface area contributed by atoms with Crippen LogP contribution in [0.5, 0.6) is 17.2 Å². The predicted octanol–water partition coefficient (Wildman–Crippen LogP) is 3.69. The highest BCUT2D eigenvalue weighted by molar-refractivity contribution is 5.46. The highest BCUT2D eigenvalue weighted by atomic mass is 16.5. The first kappa shape index (κ1) is 15.3. The van der Waals surface area contributed by atoms with Crippen LogP contribution >= 0.6 is 0 Å². The molecule has 0 aliphatic rings. The lowest BCUT2D eigenvalue weighted by molar-refractivity contribution is 0.376. The molecule has 0 saturated carbocycles. The highest BCUT2D eigenvalue weighted by Crippen LogP contribution is 2.33. The van der Waals surface area contributed by atoms with Crippen molar-refractivity contribution >= 4 is 0 Å². The molecule has 4 nitrogen and oxygen atoms in total. The first-order valence-electron chi connectivity index (χ1n) is 7.20. The Morgan fingerprint density at radius 3 is 2.76 bits per heavy atom. The molecule has 0 atom stereocenters. The van der Waals surface area contributed by atoms with Crippen molar-refractivity contribution in [1.82, 2.24) is 10.3 Å². The molecular weight excluding hydrogens is 264 g/mol. The smallest absolute Gasteiger partial charge is 0.169 e. The number of ether oxygens (including phenoxy) is 2. The molecule has 4 heteroatoms. The van der Waals surface area contributed by atoms with Gasteiger partial charge < -0.3 is 14.8 Å². The summed E-state index contributed by atoms with van der Waals surface area (Å²) >= 11 is 0. The van der Waals surface area contributed by atoms with E-state index in [1.54, 1.807) is 13.3 Å². The Hall–Kier alpha value is -2.07. The number of hydrogen-bond donors (Lipinski definition) is 1. The summed E-state index contributed by atoms with van der Waals surface area (Å²) in [4.78, 5) is 4.17. The van der Waals surface area contributed by atoms with Crippen LogP contribution in [0.15, 0.2) is 36.7 Å². The number of nitrogens with one attached hydrogen (secondary N) is 1. The normalized spacial score (nSPS) is 10.4. The molecule has 0 radical (unpaired) electrons. The molecule has 1 aromatic heterocycles. The van der Waals surface area contributed by atoms with Crippen molar-refractivity contribution in [3.63, 3.8) is 0 Å². The number of hydrogen-bond acceptors (Lipinski definition) is 4. The molecule has 112 valence electrons. The number of nitrogens with zero attached hydrogens (tertiary/aromatic N) is 1. The molecule has 0 saturated heterocycles. The molecule has 0 aliphatic heterocycles. The maximum Gasteiger partial charge on any atom is 0.169 e. The summed E-state index contributed by atoms with van der Waals surface area (Å²) in [7, 11) is 1.65.